The Morgan fingerprint density at radius 2 is 1.82 bits per heavy atom. The Balaban J connectivity index is 0.000001000. The molecule has 1 rings (SSSR count). The van der Waals surface area contributed by atoms with Gasteiger partial charge in [-0.05, 0) is 5.56 Å². The molecular formula is C8H9O3-. The molecule has 0 heterocycles. The van der Waals surface area contributed by atoms with Crippen LogP contribution in [0, 0.1) is 0 Å². The van der Waals surface area contributed by atoms with Crippen LogP contribution in [-0.2, 0) is 11.2 Å². The average Bonchev–Trinajstić information content (AvgIpc) is 1.88. The van der Waals surface area contributed by atoms with Gasteiger partial charge in [0.05, 0.1) is 0 Å². The Morgan fingerprint density at radius 3 is 2.27 bits per heavy atom. The van der Waals surface area contributed by atoms with Gasteiger partial charge in [-0.3, -0.25) is 0 Å². The van der Waals surface area contributed by atoms with Crippen molar-refractivity contribution < 1.29 is 15.4 Å². The summed E-state index contributed by atoms with van der Waals surface area (Å²) in [6.45, 7) is 0. The van der Waals surface area contributed by atoms with E-state index < -0.39 is 5.97 Å². The molecule has 0 radical (unpaired) electrons. The second-order valence-electron chi connectivity index (χ2n) is 2.03. The molecule has 1 aromatic rings. The number of benzene rings is 1. The average molecular weight is 153 g/mol. The molecule has 1 aromatic carbocycles. The zero-order chi connectivity index (χ0) is 7.40. The zero-order valence-corrected chi connectivity index (χ0v) is 5.91. The molecule has 0 aliphatic heterocycles. The van der Waals surface area contributed by atoms with E-state index in [1.807, 2.05) is 6.07 Å². The number of rotatable bonds is 2. The molecule has 11 heavy (non-hydrogen) atoms. The topological polar surface area (TPSA) is 71.6 Å². The first-order valence-electron chi connectivity index (χ1n) is 3.03. The van der Waals surface area contributed by atoms with E-state index in [-0.39, 0.29) is 11.9 Å². The fraction of sp³-hybridized carbons (Fsp3) is 0.125. The maximum Gasteiger partial charge on any atom is 0.0458 e. The van der Waals surface area contributed by atoms with Gasteiger partial charge in [0.15, 0.2) is 0 Å². The van der Waals surface area contributed by atoms with Crippen molar-refractivity contribution in [1.82, 2.24) is 0 Å². The fourth-order valence-corrected chi connectivity index (χ4v) is 0.763. The van der Waals surface area contributed by atoms with E-state index in [9.17, 15) is 9.90 Å². The summed E-state index contributed by atoms with van der Waals surface area (Å²) in [7, 11) is 0. The molecule has 0 aromatic heterocycles. The summed E-state index contributed by atoms with van der Waals surface area (Å²) in [6, 6.07) is 8.97. The number of hydrogen-bond donors (Lipinski definition) is 0. The standard InChI is InChI=1S/C8H8O2.H2O/c9-8(10)6-7-4-2-1-3-5-7;/h1-5H,6H2,(H,9,10);1H2/p-1. The minimum absolute atomic E-state index is 0. The van der Waals surface area contributed by atoms with Gasteiger partial charge in [-0.25, -0.2) is 0 Å². The molecule has 0 spiro atoms. The summed E-state index contributed by atoms with van der Waals surface area (Å²) >= 11 is 0. The van der Waals surface area contributed by atoms with Crippen molar-refractivity contribution in [3.63, 3.8) is 0 Å². The summed E-state index contributed by atoms with van der Waals surface area (Å²) < 4.78 is 0. The van der Waals surface area contributed by atoms with Crippen molar-refractivity contribution >= 4 is 5.97 Å². The molecule has 3 heteroatoms. The molecule has 0 saturated carbocycles. The monoisotopic (exact) mass is 153 g/mol. The van der Waals surface area contributed by atoms with E-state index in [1.165, 1.54) is 0 Å². The van der Waals surface area contributed by atoms with Crippen LogP contribution in [-0.4, -0.2) is 11.4 Å². The SMILES string of the molecule is O.O=C([O-])Cc1ccccc1. The predicted octanol–water partition coefficient (Wildman–Crippen LogP) is -0.846. The van der Waals surface area contributed by atoms with E-state index in [0.717, 1.165) is 5.56 Å². The number of aliphatic carboxylic acids is 1. The van der Waals surface area contributed by atoms with Gasteiger partial charge in [-0.1, -0.05) is 30.3 Å². The maximum absolute atomic E-state index is 10.1. The van der Waals surface area contributed by atoms with Crippen LogP contribution in [0.15, 0.2) is 30.3 Å². The normalized spacial score (nSPS) is 8.36. The number of carboxylic acids is 1. The molecule has 0 fully saturated rings. The lowest BCUT2D eigenvalue weighted by Crippen LogP contribution is -2.24. The summed E-state index contributed by atoms with van der Waals surface area (Å²) in [6.07, 6.45) is 0.000833. The predicted molar refractivity (Wildman–Crippen MR) is 38.8 cm³/mol. The van der Waals surface area contributed by atoms with Crippen LogP contribution in [0.4, 0.5) is 0 Å². The second kappa shape index (κ2) is 4.46. The number of carbonyl (C=O) groups excluding carboxylic acids is 1. The van der Waals surface area contributed by atoms with E-state index >= 15 is 0 Å². The molecule has 0 saturated heterocycles. The molecule has 0 aliphatic carbocycles. The van der Waals surface area contributed by atoms with Crippen LogP contribution in [0.25, 0.3) is 0 Å². The third-order valence-electron chi connectivity index (χ3n) is 1.19. The Kier molecular flexibility index (Phi) is 3.92. The summed E-state index contributed by atoms with van der Waals surface area (Å²) in [4.78, 5) is 10.1. The van der Waals surface area contributed by atoms with Crippen LogP contribution >= 0.6 is 0 Å². The highest BCUT2D eigenvalue weighted by molar-refractivity contribution is 5.67. The van der Waals surface area contributed by atoms with E-state index in [1.54, 1.807) is 24.3 Å². The van der Waals surface area contributed by atoms with Crippen molar-refractivity contribution in [2.45, 2.75) is 6.42 Å². The molecule has 0 unspecified atom stereocenters. The highest BCUT2D eigenvalue weighted by Gasteiger charge is 1.88. The van der Waals surface area contributed by atoms with E-state index in [2.05, 4.69) is 0 Å². The minimum Gasteiger partial charge on any atom is -0.550 e. The molecule has 0 aliphatic rings. The van der Waals surface area contributed by atoms with Gasteiger partial charge < -0.3 is 15.4 Å². The number of carbonyl (C=O) groups is 1. The lowest BCUT2D eigenvalue weighted by Gasteiger charge is -1.99. The molecule has 60 valence electrons. The van der Waals surface area contributed by atoms with Crippen LogP contribution in [0.2, 0.25) is 0 Å². The van der Waals surface area contributed by atoms with Crippen molar-refractivity contribution in [3.05, 3.63) is 35.9 Å². The molecular weight excluding hydrogens is 144 g/mol. The van der Waals surface area contributed by atoms with Crippen molar-refractivity contribution in [2.24, 2.45) is 0 Å². The third-order valence-corrected chi connectivity index (χ3v) is 1.19. The van der Waals surface area contributed by atoms with Gasteiger partial charge in [-0.2, -0.15) is 0 Å². The Morgan fingerprint density at radius 1 is 1.27 bits per heavy atom. The lowest BCUT2D eigenvalue weighted by molar-refractivity contribution is -0.304. The van der Waals surface area contributed by atoms with E-state index in [0.29, 0.717) is 0 Å². The Bertz CT molecular complexity index is 218. The van der Waals surface area contributed by atoms with Crippen molar-refractivity contribution in [1.29, 1.82) is 0 Å². The summed E-state index contributed by atoms with van der Waals surface area (Å²) in [5, 5.41) is 10.1. The quantitative estimate of drug-likeness (QED) is 0.555. The van der Waals surface area contributed by atoms with Gasteiger partial charge in [0, 0.05) is 12.4 Å². The van der Waals surface area contributed by atoms with Crippen LogP contribution in [0.3, 0.4) is 0 Å². The van der Waals surface area contributed by atoms with Crippen LogP contribution in [0.1, 0.15) is 5.56 Å². The highest BCUT2D eigenvalue weighted by Crippen LogP contribution is 1.97. The molecule has 0 bridgehead atoms. The van der Waals surface area contributed by atoms with Crippen molar-refractivity contribution in [3.8, 4) is 0 Å². The van der Waals surface area contributed by atoms with Gasteiger partial charge in [0.1, 0.15) is 0 Å². The highest BCUT2D eigenvalue weighted by atomic mass is 16.4. The Labute approximate surface area is 64.6 Å². The summed E-state index contributed by atoms with van der Waals surface area (Å²) in [5.74, 6) is -1.04. The lowest BCUT2D eigenvalue weighted by atomic mass is 10.2. The van der Waals surface area contributed by atoms with Crippen LogP contribution in [0.5, 0.6) is 0 Å². The van der Waals surface area contributed by atoms with Crippen molar-refractivity contribution in [2.75, 3.05) is 0 Å². The third kappa shape index (κ3) is 3.37. The largest absolute Gasteiger partial charge is 0.550 e. The number of hydrogen-bond acceptors (Lipinski definition) is 2. The molecule has 2 N–H and O–H groups in total. The fourth-order valence-electron chi connectivity index (χ4n) is 0.763. The zero-order valence-electron chi connectivity index (χ0n) is 5.91. The number of carboxylic acid groups (broad SMARTS) is 1. The van der Waals surface area contributed by atoms with Gasteiger partial charge >= 0.3 is 0 Å². The first-order chi connectivity index (χ1) is 4.79. The smallest absolute Gasteiger partial charge is 0.0458 e. The second-order valence-corrected chi connectivity index (χ2v) is 2.03. The molecule has 0 atom stereocenters. The van der Waals surface area contributed by atoms with Crippen LogP contribution < -0.4 is 5.11 Å². The minimum atomic E-state index is -1.04. The van der Waals surface area contributed by atoms with Gasteiger partial charge in [0.25, 0.3) is 0 Å². The van der Waals surface area contributed by atoms with Gasteiger partial charge in [-0.15, -0.1) is 0 Å². The first kappa shape index (κ1) is 9.65. The maximum atomic E-state index is 10.1. The molecule has 0 amide bonds. The Hall–Kier alpha value is -1.35. The van der Waals surface area contributed by atoms with Gasteiger partial charge in [0.2, 0.25) is 0 Å². The molecule has 3 nitrogen and oxygen atoms in total. The summed E-state index contributed by atoms with van der Waals surface area (Å²) in [5.41, 5.74) is 0.780. The van der Waals surface area contributed by atoms with E-state index in [4.69, 9.17) is 0 Å². The first-order valence-corrected chi connectivity index (χ1v) is 3.03.